The third-order valence-electron chi connectivity index (χ3n) is 33.9. The second kappa shape index (κ2) is 36.3. The van der Waals surface area contributed by atoms with Crippen LogP contribution in [0.5, 0.6) is 0 Å². The van der Waals surface area contributed by atoms with Gasteiger partial charge in [0.1, 0.15) is 37.1 Å². The molecule has 720 valence electrons. The van der Waals surface area contributed by atoms with Crippen molar-refractivity contribution in [2.45, 2.75) is 463 Å². The van der Waals surface area contributed by atoms with E-state index in [4.69, 9.17) is 52.1 Å². The molecule has 9 fully saturated rings. The molecule has 9 aliphatic rings. The number of carbonyl (C=O) groups is 7. The molecule has 125 heavy (non-hydrogen) atoms. The number of likely N-dealkylation sites (tertiary alicyclic amines) is 7. The molecule has 0 aromatic heterocycles. The molecular weight excluding hydrogens is 1590 g/mol. The highest BCUT2D eigenvalue weighted by atomic mass is 16.7. The maximum absolute atomic E-state index is 16.3. The van der Waals surface area contributed by atoms with Crippen LogP contribution < -0.4 is 0 Å². The van der Waals surface area contributed by atoms with E-state index in [1.807, 2.05) is 41.8 Å². The van der Waals surface area contributed by atoms with E-state index in [-0.39, 0.29) is 121 Å². The third-order valence-corrected chi connectivity index (χ3v) is 33.9. The third kappa shape index (κ3) is 23.7. The van der Waals surface area contributed by atoms with Crippen molar-refractivity contribution in [1.82, 2.24) is 34.3 Å². The van der Waals surface area contributed by atoms with E-state index in [0.29, 0.717) is 51.4 Å². The van der Waals surface area contributed by atoms with Crippen molar-refractivity contribution in [3.05, 3.63) is 0 Å². The molecule has 9 rings (SSSR count). The maximum atomic E-state index is 16.3. The Balaban J connectivity index is 0.957. The lowest BCUT2D eigenvalue weighted by atomic mass is 9.59. The largest absolute Gasteiger partial charge is 0.465 e. The van der Waals surface area contributed by atoms with Crippen molar-refractivity contribution < 1.29 is 85.7 Å². The molecule has 1 spiro atoms. The molecule has 9 saturated heterocycles. The fourth-order valence-electron chi connectivity index (χ4n) is 24.9. The van der Waals surface area contributed by atoms with Crippen molar-refractivity contribution in [2.24, 2.45) is 52.3 Å². The first-order chi connectivity index (χ1) is 56.5. The molecule has 0 aliphatic carbocycles. The summed E-state index contributed by atoms with van der Waals surface area (Å²) in [5.74, 6) is -10.6. The summed E-state index contributed by atoms with van der Waals surface area (Å²) in [7, 11) is 14.8. The summed E-state index contributed by atoms with van der Waals surface area (Å²) in [4.78, 5) is 126. The average Bonchev–Trinajstić information content (AvgIpc) is 0.745. The van der Waals surface area contributed by atoms with Gasteiger partial charge in [-0.25, -0.2) is 0 Å². The van der Waals surface area contributed by atoms with Crippen LogP contribution in [0.3, 0.4) is 0 Å². The Morgan fingerprint density at radius 2 is 0.520 bits per heavy atom. The molecule has 25 nitrogen and oxygen atoms in total. The second-order valence-corrected chi connectivity index (χ2v) is 51.1. The predicted octanol–water partition coefficient (Wildman–Crippen LogP) is 16.0. The lowest BCUT2D eigenvalue weighted by molar-refractivity contribution is -0.341. The molecule has 5 unspecified atom stereocenters. The molecule has 0 N–H and O–H groups in total. The molecule has 0 amide bonds. The monoisotopic (exact) mass is 1760 g/mol. The van der Waals surface area contributed by atoms with Crippen LogP contribution in [0.4, 0.5) is 0 Å². The lowest BCUT2D eigenvalue weighted by Gasteiger charge is -2.58. The van der Waals surface area contributed by atoms with Crippen LogP contribution in [0, 0.1) is 52.3 Å². The highest BCUT2D eigenvalue weighted by Crippen LogP contribution is 2.55. The molecule has 0 saturated carbocycles. The summed E-state index contributed by atoms with van der Waals surface area (Å²) in [6.45, 7) is 68.3. The van der Waals surface area contributed by atoms with Gasteiger partial charge in [0.05, 0.1) is 62.4 Å². The van der Waals surface area contributed by atoms with Gasteiger partial charge in [-0.2, -0.15) is 0 Å². The van der Waals surface area contributed by atoms with Gasteiger partial charge in [0.2, 0.25) is 0 Å². The van der Waals surface area contributed by atoms with E-state index < -0.39 is 158 Å². The number of nitrogens with zero attached hydrogens (tertiary/aromatic N) is 7. The van der Waals surface area contributed by atoms with Gasteiger partial charge in [0.15, 0.2) is 18.2 Å². The van der Waals surface area contributed by atoms with E-state index in [1.165, 1.54) is 0 Å². The van der Waals surface area contributed by atoms with Gasteiger partial charge in [-0.05, 0) is 306 Å². The maximum Gasteiger partial charge on any atom is 0.311 e. The van der Waals surface area contributed by atoms with Crippen LogP contribution in [0.25, 0.3) is 0 Å². The Hall–Kier alpha value is -4.15. The fraction of sp³-hybridized carbons (Fsp3) is 0.930. The van der Waals surface area contributed by atoms with Gasteiger partial charge in [-0.15, -0.1) is 0 Å². The Morgan fingerprint density at radius 1 is 0.296 bits per heavy atom. The number of hydrogen-bond acceptors (Lipinski definition) is 25. The summed E-state index contributed by atoms with van der Waals surface area (Å²) < 4.78 is 72.9. The van der Waals surface area contributed by atoms with E-state index >= 15 is 33.6 Å². The van der Waals surface area contributed by atoms with Crippen molar-refractivity contribution in [2.75, 3.05) is 82.4 Å². The first-order valence-electron chi connectivity index (χ1n) is 47.5. The SMILES string of the molecule is CN1C(C)(C)CC(OC(=O)CC(C(=O)OC2CC(C)(C)N(C)C(C)(C)C2)C(C(=O)OC2CC(C)(C)N(C)C(C)(C)C2)C(CC(=O)OCC(C)(C)C2OCC3(CO2)COC(C(C)(C)OC(=O)CC(C2CC(C)(C)N(C)C(C)(C)C2)C(CC(=O)OC2CC(C)(C)N(C)C(C)(C)C2)C2CC(C)(C)N(C)C(C)(C)C2)OC3)C(=O)OC2CC(C)(C)N(C)C(C)(C)C2)CC1(C)C. The molecule has 0 aromatic carbocycles. The van der Waals surface area contributed by atoms with Gasteiger partial charge in [-0.1, -0.05) is 13.8 Å². The van der Waals surface area contributed by atoms with E-state index in [9.17, 15) is 0 Å². The van der Waals surface area contributed by atoms with Crippen molar-refractivity contribution >= 4 is 41.8 Å². The van der Waals surface area contributed by atoms with Crippen LogP contribution in [0.15, 0.2) is 0 Å². The van der Waals surface area contributed by atoms with Crippen LogP contribution in [-0.2, 0) is 85.7 Å². The predicted molar refractivity (Wildman–Crippen MR) is 487 cm³/mol. The normalized spacial score (nSPS) is 30.2. The molecule has 5 atom stereocenters. The standard InChI is InChI=1S/C100H177N7O18/c1-84(2,82-116-59-100(60-117-82)61-118-83(119-62-100)99(31,32)125-77(111)41-71(64-46-87(7,8)102(34)88(9,10)47-64)70(63-44-85(3,4)101(33)86(5,6)45-63)40-75(109)120-65-48-89(11,12)103(35)90(13,14)49-65)58-115-74(108)42-72(79(112)122-67-52-93(19,20)105(37)94(21,22)53-67)78(81(114)124-69-56-97(27,28)107(39)98(29,30)57-69)73(80(113)123-68-54-95(23,24)106(38)96(25,26)55-68)43-76(110)121-66-50-91(15,16)104(36)92(17,18)51-66/h63-73,78,82-83H,40-62H2,1-39H3. The Bertz CT molecular complexity index is 3690. The second-order valence-electron chi connectivity index (χ2n) is 51.1. The summed E-state index contributed by atoms with van der Waals surface area (Å²) in [5.41, 5.74) is -7.91. The summed E-state index contributed by atoms with van der Waals surface area (Å²) in [6.07, 6.45) is 2.21. The molecule has 0 bridgehead atoms. The lowest BCUT2D eigenvalue weighted by Crippen LogP contribution is -2.62. The molecular formula is C100H177N7O18. The highest BCUT2D eigenvalue weighted by molar-refractivity contribution is 5.91. The zero-order valence-electron chi connectivity index (χ0n) is 85.8. The molecule has 0 aromatic rings. The van der Waals surface area contributed by atoms with Crippen LogP contribution in [0.2, 0.25) is 0 Å². The van der Waals surface area contributed by atoms with Gasteiger partial charge in [0.25, 0.3) is 0 Å². The van der Waals surface area contributed by atoms with E-state index in [0.717, 1.165) is 38.5 Å². The smallest absolute Gasteiger partial charge is 0.311 e. The van der Waals surface area contributed by atoms with Crippen molar-refractivity contribution in [1.29, 1.82) is 0 Å². The minimum absolute atomic E-state index is 0.0583. The Morgan fingerprint density at radius 3 is 0.800 bits per heavy atom. The summed E-state index contributed by atoms with van der Waals surface area (Å²) in [5, 5.41) is 0. The number of ether oxygens (including phenoxy) is 11. The van der Waals surface area contributed by atoms with Crippen LogP contribution in [-0.4, -0.2) is 285 Å². The van der Waals surface area contributed by atoms with E-state index in [2.05, 4.69) is 263 Å². The minimum Gasteiger partial charge on any atom is -0.465 e. The average molecular weight is 1770 g/mol. The van der Waals surface area contributed by atoms with Gasteiger partial charge in [-0.3, -0.25) is 67.9 Å². The number of rotatable bonds is 26. The van der Waals surface area contributed by atoms with E-state index in [1.54, 1.807) is 0 Å². The van der Waals surface area contributed by atoms with Gasteiger partial charge in [0, 0.05) is 160 Å². The van der Waals surface area contributed by atoms with Crippen LogP contribution >= 0.6 is 0 Å². The Kier molecular flexibility index (Phi) is 30.4. The molecule has 9 aliphatic heterocycles. The number of piperidine rings is 7. The molecule has 9 heterocycles. The first-order valence-corrected chi connectivity index (χ1v) is 47.5. The zero-order chi connectivity index (χ0) is 94.7. The number of carbonyl (C=O) groups excluding carboxylic acids is 7. The quantitative estimate of drug-likeness (QED) is 0.0577. The number of esters is 7. The zero-order valence-corrected chi connectivity index (χ0v) is 85.8. The van der Waals surface area contributed by atoms with Gasteiger partial charge >= 0.3 is 41.8 Å². The van der Waals surface area contributed by atoms with Crippen LogP contribution in [0.1, 0.15) is 337 Å². The van der Waals surface area contributed by atoms with Gasteiger partial charge < -0.3 is 52.1 Å². The van der Waals surface area contributed by atoms with Crippen molar-refractivity contribution in [3.63, 3.8) is 0 Å². The highest BCUT2D eigenvalue weighted by Gasteiger charge is 2.59. The molecule has 25 heteroatoms. The summed E-state index contributed by atoms with van der Waals surface area (Å²) >= 11 is 0. The molecule has 0 radical (unpaired) electrons. The fourth-order valence-corrected chi connectivity index (χ4v) is 24.9. The number of hydrogen-bond donors (Lipinski definition) is 0. The minimum atomic E-state index is -1.83. The first kappa shape index (κ1) is 105. The van der Waals surface area contributed by atoms with Crippen molar-refractivity contribution in [3.8, 4) is 0 Å². The summed E-state index contributed by atoms with van der Waals surface area (Å²) in [6, 6.07) is 0. The topological polar surface area (TPSA) is 244 Å². The Labute approximate surface area is 756 Å².